The molecule has 2 aromatic rings. The van der Waals surface area contributed by atoms with Gasteiger partial charge in [-0.15, -0.1) is 0 Å². The molecule has 0 aliphatic rings. The van der Waals surface area contributed by atoms with Crippen molar-refractivity contribution < 1.29 is 15.2 Å². The molecule has 0 saturated heterocycles. The molecule has 0 spiro atoms. The van der Waals surface area contributed by atoms with Crippen molar-refractivity contribution in [2.45, 2.75) is 6.92 Å². The van der Waals surface area contributed by atoms with Crippen LogP contribution in [0.25, 0.3) is 5.69 Å². The Morgan fingerprint density at radius 1 is 1.50 bits per heavy atom. The van der Waals surface area contributed by atoms with Crippen LogP contribution in [0.15, 0.2) is 29.3 Å². The molecule has 2 N–H and O–H groups in total. The summed E-state index contributed by atoms with van der Waals surface area (Å²) in [6.07, 6.45) is 0. The highest BCUT2D eigenvalue weighted by Gasteiger charge is 2.23. The molecule has 20 heavy (non-hydrogen) atoms. The van der Waals surface area contributed by atoms with Crippen molar-refractivity contribution in [3.63, 3.8) is 0 Å². The lowest BCUT2D eigenvalue weighted by Crippen LogP contribution is -2.23. The van der Waals surface area contributed by atoms with E-state index >= 15 is 0 Å². The minimum Gasteiger partial charge on any atom is -0.409 e. The predicted molar refractivity (Wildman–Crippen MR) is 67.6 cm³/mol. The SMILES string of the molecule is Cc1cccc(-n2nc([N+](=O)[O-])c(=NCCO)n2O)c1. The van der Waals surface area contributed by atoms with Gasteiger partial charge in [0.15, 0.2) is 0 Å². The van der Waals surface area contributed by atoms with Crippen molar-refractivity contribution in [3.8, 4) is 5.69 Å². The van der Waals surface area contributed by atoms with Crippen molar-refractivity contribution in [1.82, 2.24) is 14.7 Å². The van der Waals surface area contributed by atoms with Gasteiger partial charge in [-0.1, -0.05) is 17.0 Å². The fourth-order valence-electron chi connectivity index (χ4n) is 1.68. The number of benzene rings is 1. The van der Waals surface area contributed by atoms with Crippen molar-refractivity contribution in [1.29, 1.82) is 0 Å². The summed E-state index contributed by atoms with van der Waals surface area (Å²) in [5.74, 6) is -0.581. The maximum atomic E-state index is 10.9. The molecule has 0 amide bonds. The molecule has 0 bridgehead atoms. The number of aryl methyl sites for hydroxylation is 1. The van der Waals surface area contributed by atoms with Crippen LogP contribution in [0.4, 0.5) is 5.82 Å². The van der Waals surface area contributed by atoms with Crippen LogP contribution in [-0.4, -0.2) is 43.1 Å². The molecule has 0 atom stereocenters. The van der Waals surface area contributed by atoms with Crippen LogP contribution in [0.5, 0.6) is 0 Å². The number of aromatic nitrogens is 3. The minimum atomic E-state index is -0.741. The summed E-state index contributed by atoms with van der Waals surface area (Å²) < 4.78 is 0. The van der Waals surface area contributed by atoms with Crippen molar-refractivity contribution in [3.05, 3.63) is 45.4 Å². The Kier molecular flexibility index (Phi) is 3.80. The first-order valence-corrected chi connectivity index (χ1v) is 5.79. The van der Waals surface area contributed by atoms with E-state index < -0.39 is 10.7 Å². The molecular weight excluding hydrogens is 266 g/mol. The summed E-state index contributed by atoms with van der Waals surface area (Å²) in [7, 11) is 0. The van der Waals surface area contributed by atoms with Crippen LogP contribution in [0.3, 0.4) is 0 Å². The van der Waals surface area contributed by atoms with Crippen LogP contribution in [-0.2, 0) is 0 Å². The highest BCUT2D eigenvalue weighted by atomic mass is 16.6. The lowest BCUT2D eigenvalue weighted by Gasteiger charge is -2.00. The Balaban J connectivity index is 2.64. The van der Waals surface area contributed by atoms with E-state index in [4.69, 9.17) is 5.11 Å². The monoisotopic (exact) mass is 279 g/mol. The van der Waals surface area contributed by atoms with E-state index in [0.717, 1.165) is 10.4 Å². The Labute approximate surface area is 113 Å². The van der Waals surface area contributed by atoms with Crippen molar-refractivity contribution in [2.24, 2.45) is 4.99 Å². The number of hydrogen-bond acceptors (Lipinski definition) is 6. The van der Waals surface area contributed by atoms with Crippen LogP contribution in [0, 0.1) is 17.0 Å². The Bertz CT molecular complexity index is 703. The maximum Gasteiger partial charge on any atom is 0.438 e. The summed E-state index contributed by atoms with van der Waals surface area (Å²) in [5.41, 5.74) is 1.06. The smallest absolute Gasteiger partial charge is 0.409 e. The van der Waals surface area contributed by atoms with Gasteiger partial charge in [-0.2, -0.15) is 0 Å². The van der Waals surface area contributed by atoms with Gasteiger partial charge in [0, 0.05) is 0 Å². The molecule has 9 heteroatoms. The van der Waals surface area contributed by atoms with Gasteiger partial charge in [-0.25, -0.2) is 0 Å². The third-order valence-electron chi connectivity index (χ3n) is 2.53. The molecule has 0 saturated carbocycles. The molecule has 1 aromatic carbocycles. The van der Waals surface area contributed by atoms with E-state index in [1.165, 1.54) is 0 Å². The zero-order valence-corrected chi connectivity index (χ0v) is 10.7. The molecule has 1 aromatic heterocycles. The predicted octanol–water partition coefficient (Wildman–Crippen LogP) is 0.0207. The molecule has 0 unspecified atom stereocenters. The van der Waals surface area contributed by atoms with Gasteiger partial charge in [0.25, 0.3) is 5.49 Å². The summed E-state index contributed by atoms with van der Waals surface area (Å²) in [5, 5.41) is 33.4. The van der Waals surface area contributed by atoms with Gasteiger partial charge in [0.2, 0.25) is 0 Å². The molecule has 0 aliphatic carbocycles. The zero-order valence-electron chi connectivity index (χ0n) is 10.7. The van der Waals surface area contributed by atoms with Crippen LogP contribution in [0.2, 0.25) is 0 Å². The van der Waals surface area contributed by atoms with Gasteiger partial charge in [-0.3, -0.25) is 4.99 Å². The molecule has 2 rings (SSSR count). The molecule has 1 heterocycles. The van der Waals surface area contributed by atoms with Gasteiger partial charge >= 0.3 is 5.82 Å². The van der Waals surface area contributed by atoms with Crippen molar-refractivity contribution >= 4 is 5.82 Å². The molecule has 106 valence electrons. The van der Waals surface area contributed by atoms with E-state index in [1.54, 1.807) is 18.2 Å². The minimum absolute atomic E-state index is 0.0685. The first-order valence-electron chi connectivity index (χ1n) is 5.79. The van der Waals surface area contributed by atoms with E-state index in [-0.39, 0.29) is 18.6 Å². The number of nitro groups is 1. The van der Waals surface area contributed by atoms with Crippen LogP contribution >= 0.6 is 0 Å². The molecule has 0 aliphatic heterocycles. The maximum absolute atomic E-state index is 10.9. The third kappa shape index (κ3) is 2.52. The average Bonchev–Trinajstić information content (AvgIpc) is 2.74. The van der Waals surface area contributed by atoms with Crippen molar-refractivity contribution in [2.75, 3.05) is 13.2 Å². The number of aliphatic hydroxyl groups is 1. The van der Waals surface area contributed by atoms with Crippen LogP contribution in [0.1, 0.15) is 5.56 Å². The van der Waals surface area contributed by atoms with Gasteiger partial charge in [-0.05, 0) is 34.3 Å². The topological polar surface area (TPSA) is 119 Å². The molecule has 9 nitrogen and oxygen atoms in total. The quantitative estimate of drug-likeness (QED) is 0.464. The third-order valence-corrected chi connectivity index (χ3v) is 2.53. The number of aliphatic hydroxyl groups excluding tert-OH is 1. The fourth-order valence-corrected chi connectivity index (χ4v) is 1.68. The first kappa shape index (κ1) is 13.7. The second kappa shape index (κ2) is 5.53. The Hall–Kier alpha value is -2.68. The van der Waals surface area contributed by atoms with Gasteiger partial charge in [0.05, 0.1) is 18.3 Å². The highest BCUT2D eigenvalue weighted by molar-refractivity contribution is 5.34. The number of rotatable bonds is 4. The zero-order chi connectivity index (χ0) is 14.7. The Morgan fingerprint density at radius 2 is 2.25 bits per heavy atom. The highest BCUT2D eigenvalue weighted by Crippen LogP contribution is 2.09. The second-order valence-electron chi connectivity index (χ2n) is 4.03. The van der Waals surface area contributed by atoms with E-state index in [9.17, 15) is 15.3 Å². The summed E-state index contributed by atoms with van der Waals surface area (Å²) in [4.78, 5) is 15.4. The first-order chi connectivity index (χ1) is 9.54. The largest absolute Gasteiger partial charge is 0.438 e. The fraction of sp³-hybridized carbons (Fsp3) is 0.273. The van der Waals surface area contributed by atoms with Gasteiger partial charge in [0.1, 0.15) is 5.69 Å². The Morgan fingerprint density at radius 3 is 2.85 bits per heavy atom. The molecule has 0 fully saturated rings. The summed E-state index contributed by atoms with van der Waals surface area (Å²) in [6.45, 7) is 1.49. The standard InChI is InChI=1S/C11H13N5O4/c1-8-3-2-4-9(7-8)14-13-11(16(19)20)10(15(14)18)12-5-6-17/h2-4,7,17-18H,5-6H2,1H3. The normalized spacial score (nSPS) is 11.8. The molecular formula is C11H13N5O4. The average molecular weight is 279 g/mol. The summed E-state index contributed by atoms with van der Waals surface area (Å²) in [6, 6.07) is 6.94. The number of nitrogens with zero attached hydrogens (tertiary/aromatic N) is 5. The van der Waals surface area contributed by atoms with E-state index in [1.807, 2.05) is 13.0 Å². The second-order valence-corrected chi connectivity index (χ2v) is 4.03. The molecule has 0 radical (unpaired) electrons. The summed E-state index contributed by atoms with van der Waals surface area (Å²) >= 11 is 0. The van der Waals surface area contributed by atoms with E-state index in [2.05, 4.69) is 10.1 Å². The van der Waals surface area contributed by atoms with E-state index in [0.29, 0.717) is 10.5 Å². The lowest BCUT2D eigenvalue weighted by molar-refractivity contribution is -0.391. The number of hydrogen-bond donors (Lipinski definition) is 2. The van der Waals surface area contributed by atoms with Gasteiger partial charge < -0.3 is 20.4 Å². The van der Waals surface area contributed by atoms with Crippen LogP contribution < -0.4 is 5.49 Å². The lowest BCUT2D eigenvalue weighted by atomic mass is 10.2.